The van der Waals surface area contributed by atoms with Gasteiger partial charge in [0.05, 0.1) is 21.9 Å². The number of thiophene rings is 2. The summed E-state index contributed by atoms with van der Waals surface area (Å²) in [7, 11) is 0. The fraction of sp³-hybridized carbons (Fsp3) is 0. The smallest absolute Gasteiger partial charge is 0.141 e. The zero-order valence-electron chi connectivity index (χ0n) is 24.5. The molecule has 4 heteroatoms. The van der Waals surface area contributed by atoms with Crippen LogP contribution >= 0.6 is 22.7 Å². The summed E-state index contributed by atoms with van der Waals surface area (Å²) in [5.41, 5.74) is 7.06. The Balaban J connectivity index is 0.962. The molecule has 10 rings (SSSR count). The zero-order valence-corrected chi connectivity index (χ0v) is 26.1. The predicted octanol–water partition coefficient (Wildman–Crippen LogP) is 13.4. The number of fused-ring (bicyclic) bond motifs is 7. The lowest BCUT2D eigenvalue weighted by Gasteiger charge is -2.05. The molecule has 0 saturated carbocycles. The van der Waals surface area contributed by atoms with Crippen LogP contribution in [0.5, 0.6) is 0 Å². The Labute approximate surface area is 272 Å². The third-order valence-corrected chi connectivity index (χ3v) is 11.6. The van der Waals surface area contributed by atoms with Crippen molar-refractivity contribution in [1.29, 1.82) is 0 Å². The van der Waals surface area contributed by atoms with E-state index in [1.807, 2.05) is 47.3 Å². The van der Waals surface area contributed by atoms with Crippen molar-refractivity contribution in [3.05, 3.63) is 146 Å². The van der Waals surface area contributed by atoms with E-state index in [4.69, 9.17) is 8.83 Å². The Hall–Kier alpha value is -5.42. The Morgan fingerprint density at radius 3 is 1.20 bits per heavy atom. The Morgan fingerprint density at radius 1 is 0.348 bits per heavy atom. The number of hydrogen-bond acceptors (Lipinski definition) is 4. The topological polar surface area (TPSA) is 26.3 Å². The van der Waals surface area contributed by atoms with Crippen molar-refractivity contribution in [3.8, 4) is 44.9 Å². The lowest BCUT2D eigenvalue weighted by molar-refractivity contribution is 0.587. The van der Waals surface area contributed by atoms with Crippen molar-refractivity contribution < 1.29 is 8.83 Å². The molecular formula is C42H24O2S2. The van der Waals surface area contributed by atoms with E-state index in [0.29, 0.717) is 0 Å². The van der Waals surface area contributed by atoms with Gasteiger partial charge in [0.25, 0.3) is 0 Å². The molecule has 0 aliphatic carbocycles. The molecule has 4 aromatic heterocycles. The molecule has 0 bridgehead atoms. The average molecular weight is 625 g/mol. The standard InChI is InChI=1S/C42H24O2S2/c1-3-7-33-31(5-1)23-43-39(33)27-13-9-25(10-14-27)29-17-19-35-37(21-29)45-42-36-20-18-30(22-38(36)46-41(35)42)26-11-15-28(16-12-26)40-34-8-4-2-6-32(34)24-44-40/h1-24H. The maximum absolute atomic E-state index is 5.93. The molecule has 2 nitrogen and oxygen atoms in total. The van der Waals surface area contributed by atoms with Crippen LogP contribution in [0.4, 0.5) is 0 Å². The van der Waals surface area contributed by atoms with Crippen LogP contribution in [0.3, 0.4) is 0 Å². The van der Waals surface area contributed by atoms with Crippen LogP contribution in [0.25, 0.3) is 96.0 Å². The van der Waals surface area contributed by atoms with Gasteiger partial charge in [-0.25, -0.2) is 0 Å². The first-order valence-electron chi connectivity index (χ1n) is 15.3. The summed E-state index contributed by atoms with van der Waals surface area (Å²) in [6.07, 6.45) is 3.67. The average Bonchev–Trinajstić information content (AvgIpc) is 3.90. The summed E-state index contributed by atoms with van der Waals surface area (Å²) >= 11 is 3.79. The second kappa shape index (κ2) is 10.0. The van der Waals surface area contributed by atoms with Gasteiger partial charge in [-0.05, 0) is 34.4 Å². The summed E-state index contributed by atoms with van der Waals surface area (Å²) in [4.78, 5) is 0. The third kappa shape index (κ3) is 4.01. The molecule has 10 aromatic rings. The fourth-order valence-corrected chi connectivity index (χ4v) is 9.41. The molecule has 0 amide bonds. The van der Waals surface area contributed by atoms with E-state index in [9.17, 15) is 0 Å². The van der Waals surface area contributed by atoms with Crippen LogP contribution in [-0.4, -0.2) is 0 Å². The Bertz CT molecular complexity index is 2540. The summed E-state index contributed by atoms with van der Waals surface area (Å²) in [5.74, 6) is 1.84. The van der Waals surface area contributed by atoms with Gasteiger partial charge in [0.15, 0.2) is 0 Å². The van der Waals surface area contributed by atoms with Gasteiger partial charge in [-0.1, -0.05) is 121 Å². The molecule has 0 N–H and O–H groups in total. The fourth-order valence-electron chi connectivity index (χ4n) is 6.68. The predicted molar refractivity (Wildman–Crippen MR) is 196 cm³/mol. The highest BCUT2D eigenvalue weighted by Crippen LogP contribution is 2.46. The molecule has 0 saturated heterocycles. The quantitative estimate of drug-likeness (QED) is 0.195. The molecule has 0 radical (unpaired) electrons. The van der Waals surface area contributed by atoms with Crippen LogP contribution in [-0.2, 0) is 0 Å². The molecule has 4 heterocycles. The first-order valence-corrected chi connectivity index (χ1v) is 16.9. The van der Waals surface area contributed by atoms with E-state index < -0.39 is 0 Å². The summed E-state index contributed by atoms with van der Waals surface area (Å²) < 4.78 is 17.3. The van der Waals surface area contributed by atoms with Crippen molar-refractivity contribution >= 4 is 73.8 Å². The van der Waals surface area contributed by atoms with Gasteiger partial charge >= 0.3 is 0 Å². The van der Waals surface area contributed by atoms with Crippen LogP contribution in [0, 0.1) is 0 Å². The zero-order chi connectivity index (χ0) is 30.2. The minimum Gasteiger partial charge on any atom is -0.463 e. The van der Waals surface area contributed by atoms with Crippen LogP contribution < -0.4 is 0 Å². The minimum atomic E-state index is 0.922. The maximum Gasteiger partial charge on any atom is 0.141 e. The monoisotopic (exact) mass is 624 g/mol. The maximum atomic E-state index is 5.93. The molecule has 0 fully saturated rings. The third-order valence-electron chi connectivity index (χ3n) is 9.06. The summed E-state index contributed by atoms with van der Waals surface area (Å²) in [6.45, 7) is 0. The molecular weight excluding hydrogens is 601 g/mol. The van der Waals surface area contributed by atoms with E-state index in [-0.39, 0.29) is 0 Å². The molecule has 0 unspecified atom stereocenters. The first kappa shape index (κ1) is 25.9. The Morgan fingerprint density at radius 2 is 0.739 bits per heavy atom. The number of benzene rings is 6. The molecule has 0 aliphatic heterocycles. The molecule has 0 aliphatic rings. The number of hydrogen-bond donors (Lipinski definition) is 0. The van der Waals surface area contributed by atoms with Crippen molar-refractivity contribution in [2.24, 2.45) is 0 Å². The van der Waals surface area contributed by atoms with E-state index in [2.05, 4.69) is 121 Å². The van der Waals surface area contributed by atoms with E-state index in [1.165, 1.54) is 51.8 Å². The highest BCUT2D eigenvalue weighted by Gasteiger charge is 2.15. The molecule has 6 aromatic carbocycles. The normalized spacial score (nSPS) is 11.9. The van der Waals surface area contributed by atoms with Gasteiger partial charge in [-0.15, -0.1) is 22.7 Å². The number of furan rings is 2. The van der Waals surface area contributed by atoms with Gasteiger partial charge in [0.1, 0.15) is 11.5 Å². The summed E-state index contributed by atoms with van der Waals surface area (Å²) in [5, 5.41) is 7.21. The van der Waals surface area contributed by atoms with Gasteiger partial charge in [-0.3, -0.25) is 0 Å². The van der Waals surface area contributed by atoms with E-state index in [1.54, 1.807) is 0 Å². The van der Waals surface area contributed by atoms with Gasteiger partial charge in [-0.2, -0.15) is 0 Å². The lowest BCUT2D eigenvalue weighted by Crippen LogP contribution is -1.80. The van der Waals surface area contributed by atoms with E-state index >= 15 is 0 Å². The van der Waals surface area contributed by atoms with Crippen LogP contribution in [0.2, 0.25) is 0 Å². The van der Waals surface area contributed by atoms with Crippen LogP contribution in [0.1, 0.15) is 0 Å². The van der Waals surface area contributed by atoms with Crippen molar-refractivity contribution in [3.63, 3.8) is 0 Å². The second-order valence-electron chi connectivity index (χ2n) is 11.7. The SMILES string of the molecule is c1ccc2c(-c3ccc(-c4ccc5c(c4)sc4c6ccc(-c7ccc(-c8occ9ccccc89)cc7)cc6sc54)cc3)occ2c1. The minimum absolute atomic E-state index is 0.922. The van der Waals surface area contributed by atoms with Crippen molar-refractivity contribution in [2.45, 2.75) is 0 Å². The summed E-state index contributed by atoms with van der Waals surface area (Å²) in [6, 6.07) is 47.8. The Kier molecular flexibility index (Phi) is 5.65. The molecule has 0 atom stereocenters. The van der Waals surface area contributed by atoms with Crippen molar-refractivity contribution in [2.75, 3.05) is 0 Å². The number of rotatable bonds is 4. The van der Waals surface area contributed by atoms with Crippen molar-refractivity contribution in [1.82, 2.24) is 0 Å². The van der Waals surface area contributed by atoms with Gasteiger partial charge in [0, 0.05) is 52.8 Å². The van der Waals surface area contributed by atoms with E-state index in [0.717, 1.165) is 44.2 Å². The highest BCUT2D eigenvalue weighted by molar-refractivity contribution is 7.36. The van der Waals surface area contributed by atoms with Crippen LogP contribution in [0.15, 0.2) is 155 Å². The first-order chi connectivity index (χ1) is 22.8. The highest BCUT2D eigenvalue weighted by atomic mass is 32.1. The second-order valence-corrected chi connectivity index (χ2v) is 13.8. The lowest BCUT2D eigenvalue weighted by atomic mass is 10.0. The molecule has 0 spiro atoms. The molecule has 216 valence electrons. The van der Waals surface area contributed by atoms with Gasteiger partial charge in [0.2, 0.25) is 0 Å². The van der Waals surface area contributed by atoms with Gasteiger partial charge < -0.3 is 8.83 Å². The largest absolute Gasteiger partial charge is 0.463 e. The molecule has 46 heavy (non-hydrogen) atoms.